The Morgan fingerprint density at radius 1 is 0.814 bits per heavy atom. The summed E-state index contributed by atoms with van der Waals surface area (Å²) in [6.07, 6.45) is -3.30. The molecule has 0 radical (unpaired) electrons. The topological polar surface area (TPSA) is 114 Å². The number of hydrogen-bond donors (Lipinski definition) is 1. The first-order valence-electron chi connectivity index (χ1n) is 13.2. The van der Waals surface area contributed by atoms with E-state index in [2.05, 4.69) is 9.71 Å². The van der Waals surface area contributed by atoms with Gasteiger partial charge in [0.15, 0.2) is 0 Å². The van der Waals surface area contributed by atoms with Gasteiger partial charge in [-0.15, -0.1) is 0 Å². The summed E-state index contributed by atoms with van der Waals surface area (Å²) in [5.41, 5.74) is 0.464. The number of halogens is 3. The van der Waals surface area contributed by atoms with Gasteiger partial charge in [-0.05, 0) is 55.3 Å². The SMILES string of the molecule is O=C(c1ccc(-c2ccccc2)nc1)N1CCC(NS(=O)(=O)c2cc(S(=O)(=O)c3ccccc3)ccc2C(F)(F)F)CC1. The molecule has 4 aromatic rings. The van der Waals surface area contributed by atoms with E-state index in [1.54, 1.807) is 18.2 Å². The maximum absolute atomic E-state index is 13.8. The number of carbonyl (C=O) groups is 1. The largest absolute Gasteiger partial charge is 0.417 e. The molecular formula is C30H26F3N3O5S2. The Labute approximate surface area is 247 Å². The molecule has 1 N–H and O–H groups in total. The second kappa shape index (κ2) is 11.9. The van der Waals surface area contributed by atoms with Crippen LogP contribution in [-0.4, -0.2) is 51.8 Å². The first kappa shape index (κ1) is 30.4. The van der Waals surface area contributed by atoms with Crippen molar-refractivity contribution in [2.75, 3.05) is 13.1 Å². The minimum atomic E-state index is -5.06. The fraction of sp³-hybridized carbons (Fsp3) is 0.200. The van der Waals surface area contributed by atoms with Crippen LogP contribution in [0.15, 0.2) is 112 Å². The normalized spacial score (nSPS) is 14.9. The molecule has 3 aromatic carbocycles. The highest BCUT2D eigenvalue weighted by Crippen LogP contribution is 2.36. The maximum atomic E-state index is 13.8. The maximum Gasteiger partial charge on any atom is 0.417 e. The highest BCUT2D eigenvalue weighted by molar-refractivity contribution is 7.91. The molecule has 0 bridgehead atoms. The van der Waals surface area contributed by atoms with Gasteiger partial charge in [0.2, 0.25) is 19.9 Å². The summed E-state index contributed by atoms with van der Waals surface area (Å²) in [7, 11) is -9.10. The van der Waals surface area contributed by atoms with Crippen molar-refractivity contribution in [1.29, 1.82) is 0 Å². The van der Waals surface area contributed by atoms with E-state index in [4.69, 9.17) is 0 Å². The first-order chi connectivity index (χ1) is 20.4. The lowest BCUT2D eigenvalue weighted by Crippen LogP contribution is -2.46. The van der Waals surface area contributed by atoms with Crippen molar-refractivity contribution in [3.63, 3.8) is 0 Å². The fourth-order valence-corrected chi connectivity index (χ4v) is 7.77. The minimum absolute atomic E-state index is 0.143. The molecule has 0 saturated carbocycles. The molecule has 224 valence electrons. The number of likely N-dealkylation sites (tertiary alicyclic amines) is 1. The van der Waals surface area contributed by atoms with Gasteiger partial charge in [-0.1, -0.05) is 48.5 Å². The second-order valence-corrected chi connectivity index (χ2v) is 13.6. The van der Waals surface area contributed by atoms with Gasteiger partial charge in [0.05, 0.1) is 31.5 Å². The van der Waals surface area contributed by atoms with Gasteiger partial charge in [-0.2, -0.15) is 13.2 Å². The van der Waals surface area contributed by atoms with E-state index in [1.807, 2.05) is 30.3 Å². The summed E-state index contributed by atoms with van der Waals surface area (Å²) in [5.74, 6) is -0.299. The molecule has 5 rings (SSSR count). The summed E-state index contributed by atoms with van der Waals surface area (Å²) in [6.45, 7) is 0.308. The van der Waals surface area contributed by atoms with Crippen LogP contribution in [0.1, 0.15) is 28.8 Å². The number of alkyl halides is 3. The van der Waals surface area contributed by atoms with Gasteiger partial charge < -0.3 is 4.90 Å². The van der Waals surface area contributed by atoms with Gasteiger partial charge in [-0.3, -0.25) is 9.78 Å². The van der Waals surface area contributed by atoms with Crippen LogP contribution in [0.4, 0.5) is 13.2 Å². The Bertz CT molecular complexity index is 1830. The van der Waals surface area contributed by atoms with Gasteiger partial charge in [-0.25, -0.2) is 21.6 Å². The molecule has 1 aliphatic heterocycles. The van der Waals surface area contributed by atoms with Crippen LogP contribution in [0.3, 0.4) is 0 Å². The molecule has 2 heterocycles. The number of benzene rings is 3. The molecule has 0 unspecified atom stereocenters. The molecule has 1 aromatic heterocycles. The number of aromatic nitrogens is 1. The number of pyridine rings is 1. The molecule has 0 atom stereocenters. The second-order valence-electron chi connectivity index (χ2n) is 9.96. The Morgan fingerprint density at radius 3 is 2.02 bits per heavy atom. The Morgan fingerprint density at radius 2 is 1.44 bits per heavy atom. The van der Waals surface area contributed by atoms with Crippen molar-refractivity contribution in [1.82, 2.24) is 14.6 Å². The lowest BCUT2D eigenvalue weighted by atomic mass is 10.0. The lowest BCUT2D eigenvalue weighted by molar-refractivity contribution is -0.139. The predicted octanol–water partition coefficient (Wildman–Crippen LogP) is 5.18. The third-order valence-electron chi connectivity index (χ3n) is 7.10. The van der Waals surface area contributed by atoms with E-state index in [0.717, 1.165) is 11.6 Å². The zero-order chi connectivity index (χ0) is 30.8. The number of nitrogens with zero attached hydrogens (tertiary/aromatic N) is 2. The number of piperidine rings is 1. The van der Waals surface area contributed by atoms with E-state index in [9.17, 15) is 34.8 Å². The number of hydrogen-bond acceptors (Lipinski definition) is 6. The van der Waals surface area contributed by atoms with Crippen LogP contribution >= 0.6 is 0 Å². The van der Waals surface area contributed by atoms with E-state index in [1.165, 1.54) is 35.4 Å². The van der Waals surface area contributed by atoms with Gasteiger partial charge >= 0.3 is 6.18 Å². The van der Waals surface area contributed by atoms with Crippen LogP contribution in [0, 0.1) is 0 Å². The standard InChI is InChI=1S/C30H26F3N3O5S2/c31-30(32,33)26-13-12-25(42(38,39)24-9-5-2-6-10-24)19-28(26)43(40,41)35-23-15-17-36(18-16-23)29(37)22-11-14-27(34-20-22)21-7-3-1-4-8-21/h1-14,19-20,23,35H,15-18H2. The van der Waals surface area contributed by atoms with Gasteiger partial charge in [0, 0.05) is 30.9 Å². The Kier molecular flexibility index (Phi) is 8.41. The van der Waals surface area contributed by atoms with E-state index in [-0.39, 0.29) is 36.7 Å². The highest BCUT2D eigenvalue weighted by Gasteiger charge is 2.39. The number of amides is 1. The third kappa shape index (κ3) is 6.63. The summed E-state index contributed by atoms with van der Waals surface area (Å²) in [4.78, 5) is 17.0. The van der Waals surface area contributed by atoms with Gasteiger partial charge in [0.1, 0.15) is 0 Å². The fourth-order valence-electron chi connectivity index (χ4n) is 4.83. The number of rotatable bonds is 7. The van der Waals surface area contributed by atoms with Crippen LogP contribution in [0.2, 0.25) is 0 Å². The Hall–Kier alpha value is -4.07. The number of sulfonamides is 1. The van der Waals surface area contributed by atoms with Gasteiger partial charge in [0.25, 0.3) is 5.91 Å². The zero-order valence-corrected chi connectivity index (χ0v) is 24.2. The smallest absolute Gasteiger partial charge is 0.338 e. The zero-order valence-electron chi connectivity index (χ0n) is 22.5. The summed E-state index contributed by atoms with van der Waals surface area (Å²) < 4.78 is 96.4. The van der Waals surface area contributed by atoms with E-state index >= 15 is 0 Å². The number of nitrogens with one attached hydrogen (secondary N) is 1. The Balaban J connectivity index is 1.31. The third-order valence-corrected chi connectivity index (χ3v) is 10.4. The van der Waals surface area contributed by atoms with Crippen LogP contribution in [0.25, 0.3) is 11.3 Å². The quantitative estimate of drug-likeness (QED) is 0.301. The molecular weight excluding hydrogens is 603 g/mol. The van der Waals surface area contributed by atoms with Crippen molar-refractivity contribution in [3.8, 4) is 11.3 Å². The first-order valence-corrected chi connectivity index (χ1v) is 16.2. The van der Waals surface area contributed by atoms with E-state index in [0.29, 0.717) is 23.4 Å². The summed E-state index contributed by atoms with van der Waals surface area (Å²) in [5, 5.41) is 0. The molecule has 0 spiro atoms. The van der Waals surface area contributed by atoms with Crippen LogP contribution in [0.5, 0.6) is 0 Å². The molecule has 1 saturated heterocycles. The lowest BCUT2D eigenvalue weighted by Gasteiger charge is -2.32. The molecule has 1 aliphatic rings. The number of carbonyl (C=O) groups excluding carboxylic acids is 1. The van der Waals surface area contributed by atoms with Crippen molar-refractivity contribution < 1.29 is 34.8 Å². The monoisotopic (exact) mass is 629 g/mol. The molecule has 1 fully saturated rings. The molecule has 8 nitrogen and oxygen atoms in total. The molecule has 0 aliphatic carbocycles. The molecule has 1 amide bonds. The number of sulfone groups is 1. The van der Waals surface area contributed by atoms with Crippen molar-refractivity contribution >= 4 is 25.8 Å². The molecule has 13 heteroatoms. The van der Waals surface area contributed by atoms with Crippen molar-refractivity contribution in [2.24, 2.45) is 0 Å². The van der Waals surface area contributed by atoms with Crippen molar-refractivity contribution in [2.45, 2.75) is 39.7 Å². The average molecular weight is 630 g/mol. The highest BCUT2D eigenvalue weighted by atomic mass is 32.2. The summed E-state index contributed by atoms with van der Waals surface area (Å²) in [6, 6.07) is 20.8. The average Bonchev–Trinajstić information content (AvgIpc) is 3.01. The van der Waals surface area contributed by atoms with Crippen molar-refractivity contribution in [3.05, 3.63) is 108 Å². The van der Waals surface area contributed by atoms with E-state index < -0.39 is 47.4 Å². The minimum Gasteiger partial charge on any atom is -0.338 e. The van der Waals surface area contributed by atoms with Crippen LogP contribution in [-0.2, 0) is 26.0 Å². The predicted molar refractivity (Wildman–Crippen MR) is 152 cm³/mol. The summed E-state index contributed by atoms with van der Waals surface area (Å²) >= 11 is 0. The van der Waals surface area contributed by atoms with Crippen LogP contribution < -0.4 is 4.72 Å². The molecule has 43 heavy (non-hydrogen) atoms.